The summed E-state index contributed by atoms with van der Waals surface area (Å²) in [6.07, 6.45) is 5.36. The summed E-state index contributed by atoms with van der Waals surface area (Å²) in [4.78, 5) is 2.65. The molecule has 56 heavy (non-hydrogen) atoms. The van der Waals surface area contributed by atoms with Crippen LogP contribution >= 0.6 is 0 Å². The summed E-state index contributed by atoms with van der Waals surface area (Å²) in [5.74, 6) is 1.53. The van der Waals surface area contributed by atoms with Gasteiger partial charge in [0.15, 0.2) is 0 Å². The van der Waals surface area contributed by atoms with Gasteiger partial charge < -0.3 is 4.90 Å². The van der Waals surface area contributed by atoms with Gasteiger partial charge in [-0.3, -0.25) is 0 Å². The molecule has 5 aliphatic rings. The molecule has 12 rings (SSSR count). The third kappa shape index (κ3) is 4.06. The summed E-state index contributed by atoms with van der Waals surface area (Å²) >= 11 is 0. The largest absolute Gasteiger partial charge is 0.310 e. The van der Waals surface area contributed by atoms with Gasteiger partial charge >= 0.3 is 0 Å². The lowest BCUT2D eigenvalue weighted by Gasteiger charge is -2.38. The van der Waals surface area contributed by atoms with Crippen LogP contribution in [-0.4, -0.2) is 0 Å². The normalized spacial score (nSPS) is 22.0. The van der Waals surface area contributed by atoms with Crippen LogP contribution in [0.15, 0.2) is 152 Å². The second kappa shape index (κ2) is 11.2. The second-order valence-corrected chi connectivity index (χ2v) is 18.4. The zero-order valence-corrected chi connectivity index (χ0v) is 32.9. The lowest BCUT2D eigenvalue weighted by Crippen LogP contribution is -2.32. The van der Waals surface area contributed by atoms with Crippen molar-refractivity contribution in [3.8, 4) is 44.5 Å². The molecule has 3 atom stereocenters. The van der Waals surface area contributed by atoms with Crippen molar-refractivity contribution in [3.63, 3.8) is 0 Å². The van der Waals surface area contributed by atoms with Crippen molar-refractivity contribution in [2.75, 3.05) is 4.90 Å². The van der Waals surface area contributed by atoms with Gasteiger partial charge in [0.1, 0.15) is 0 Å². The van der Waals surface area contributed by atoms with Gasteiger partial charge in [-0.2, -0.15) is 0 Å². The summed E-state index contributed by atoms with van der Waals surface area (Å²) in [5, 5.41) is 0. The van der Waals surface area contributed by atoms with Crippen LogP contribution in [0.2, 0.25) is 0 Å². The van der Waals surface area contributed by atoms with E-state index in [4.69, 9.17) is 0 Å². The molecule has 1 heteroatoms. The Bertz CT molecular complexity index is 2800. The Morgan fingerprint density at radius 1 is 0.446 bits per heavy atom. The monoisotopic (exact) mass is 721 g/mol. The lowest BCUT2D eigenvalue weighted by molar-refractivity contribution is 0.327. The van der Waals surface area contributed by atoms with E-state index in [2.05, 4.69) is 184 Å². The minimum absolute atomic E-state index is 0.0728. The van der Waals surface area contributed by atoms with E-state index in [9.17, 15) is 0 Å². The minimum Gasteiger partial charge on any atom is -0.310 e. The molecular formula is C55H47N. The van der Waals surface area contributed by atoms with Crippen molar-refractivity contribution >= 4 is 17.1 Å². The SMILES string of the molecule is CC1(C)c2ccccc2-c2c(-c3ccccc3N(c3ccc4c(c3)C3(CC5CCC3C5)c3ccccc3-4)c3cccc4c3C(C)(C)c3ccccc3-4)cccc21. The number of hydrogen-bond acceptors (Lipinski definition) is 1. The van der Waals surface area contributed by atoms with Crippen molar-refractivity contribution in [3.05, 3.63) is 185 Å². The predicted molar refractivity (Wildman–Crippen MR) is 233 cm³/mol. The Morgan fingerprint density at radius 3 is 1.77 bits per heavy atom. The predicted octanol–water partition coefficient (Wildman–Crippen LogP) is 14.5. The molecule has 0 N–H and O–H groups in total. The van der Waals surface area contributed by atoms with E-state index < -0.39 is 0 Å². The first-order valence-electron chi connectivity index (χ1n) is 20.9. The molecule has 7 aromatic carbocycles. The van der Waals surface area contributed by atoms with E-state index in [-0.39, 0.29) is 16.2 Å². The van der Waals surface area contributed by atoms with E-state index in [0.717, 1.165) is 5.92 Å². The van der Waals surface area contributed by atoms with Crippen LogP contribution in [-0.2, 0) is 16.2 Å². The summed E-state index contributed by atoms with van der Waals surface area (Å²) in [6.45, 7) is 9.64. The van der Waals surface area contributed by atoms with E-state index in [1.165, 1.54) is 110 Å². The molecular weight excluding hydrogens is 675 g/mol. The molecule has 5 aliphatic carbocycles. The van der Waals surface area contributed by atoms with Gasteiger partial charge in [-0.15, -0.1) is 0 Å². The summed E-state index contributed by atoms with van der Waals surface area (Å²) in [6, 6.07) is 58.4. The average Bonchev–Trinajstić information content (AvgIpc) is 4.02. The van der Waals surface area contributed by atoms with Crippen molar-refractivity contribution in [2.45, 2.75) is 69.6 Å². The molecule has 2 bridgehead atoms. The van der Waals surface area contributed by atoms with Crippen molar-refractivity contribution in [2.24, 2.45) is 11.8 Å². The zero-order chi connectivity index (χ0) is 37.6. The maximum absolute atomic E-state index is 2.65. The number of para-hydroxylation sites is 1. The fraction of sp³-hybridized carbons (Fsp3) is 0.236. The molecule has 0 amide bonds. The van der Waals surface area contributed by atoms with E-state index in [1.54, 1.807) is 11.1 Å². The maximum atomic E-state index is 2.65. The molecule has 2 fully saturated rings. The third-order valence-electron chi connectivity index (χ3n) is 15.1. The van der Waals surface area contributed by atoms with Crippen LogP contribution in [0.1, 0.15) is 86.8 Å². The van der Waals surface area contributed by atoms with Crippen molar-refractivity contribution in [1.29, 1.82) is 0 Å². The summed E-state index contributed by atoms with van der Waals surface area (Å²) < 4.78 is 0. The van der Waals surface area contributed by atoms with Gasteiger partial charge in [0.05, 0.1) is 11.4 Å². The fourth-order valence-corrected chi connectivity index (χ4v) is 12.8. The highest BCUT2D eigenvalue weighted by molar-refractivity contribution is 6.00. The van der Waals surface area contributed by atoms with Gasteiger partial charge in [-0.25, -0.2) is 0 Å². The topological polar surface area (TPSA) is 3.24 Å². The van der Waals surface area contributed by atoms with Crippen LogP contribution in [0, 0.1) is 11.8 Å². The number of benzene rings is 7. The first-order valence-corrected chi connectivity index (χ1v) is 20.9. The Hall–Kier alpha value is -5.66. The van der Waals surface area contributed by atoms with Crippen LogP contribution in [0.25, 0.3) is 44.5 Å². The molecule has 0 radical (unpaired) electrons. The molecule has 0 saturated heterocycles. The fourth-order valence-electron chi connectivity index (χ4n) is 12.8. The Kier molecular flexibility index (Phi) is 6.53. The van der Waals surface area contributed by atoms with Crippen LogP contribution in [0.4, 0.5) is 17.1 Å². The molecule has 1 nitrogen and oxygen atoms in total. The van der Waals surface area contributed by atoms with Crippen LogP contribution in [0.3, 0.4) is 0 Å². The highest BCUT2D eigenvalue weighted by atomic mass is 15.1. The highest BCUT2D eigenvalue weighted by Crippen LogP contribution is 2.66. The quantitative estimate of drug-likeness (QED) is 0.175. The Morgan fingerprint density at radius 2 is 1.02 bits per heavy atom. The van der Waals surface area contributed by atoms with Gasteiger partial charge in [0.2, 0.25) is 0 Å². The minimum atomic E-state index is -0.175. The van der Waals surface area contributed by atoms with E-state index >= 15 is 0 Å². The molecule has 0 heterocycles. The van der Waals surface area contributed by atoms with Gasteiger partial charge in [0.25, 0.3) is 0 Å². The first-order chi connectivity index (χ1) is 27.3. The van der Waals surface area contributed by atoms with Crippen molar-refractivity contribution in [1.82, 2.24) is 0 Å². The molecule has 3 unspecified atom stereocenters. The molecule has 0 aliphatic heterocycles. The Balaban J connectivity index is 1.14. The van der Waals surface area contributed by atoms with Gasteiger partial charge in [-0.1, -0.05) is 162 Å². The number of nitrogens with zero attached hydrogens (tertiary/aromatic N) is 1. The second-order valence-electron chi connectivity index (χ2n) is 18.4. The summed E-state index contributed by atoms with van der Waals surface area (Å²) in [7, 11) is 0. The molecule has 0 aromatic heterocycles. The standard InChI is InChI=1S/C55H47N/c1-53(2)45-22-10-7-18-43(45)51-41(19-13-24-47(51)53)40-17-8-12-25-49(40)56(50-26-14-20-42-38-16-5-9-21-44(38)54(3,4)52(42)50)36-29-30-39-37-15-6-11-23-46(37)55(48(39)32-36)33-34-27-28-35(55)31-34/h5-26,29-30,32,34-35H,27-28,31,33H2,1-4H3. The highest BCUT2D eigenvalue weighted by Gasteiger charge is 2.57. The number of anilines is 3. The number of fused-ring (bicyclic) bond motifs is 14. The number of rotatable bonds is 4. The Labute approximate surface area is 331 Å². The maximum Gasteiger partial charge on any atom is 0.0540 e. The van der Waals surface area contributed by atoms with Gasteiger partial charge in [0, 0.05) is 27.5 Å². The first kappa shape index (κ1) is 32.6. The van der Waals surface area contributed by atoms with Crippen LogP contribution < -0.4 is 4.90 Å². The molecule has 2 saturated carbocycles. The van der Waals surface area contributed by atoms with E-state index in [0.29, 0.717) is 5.92 Å². The molecule has 7 aromatic rings. The van der Waals surface area contributed by atoms with Gasteiger partial charge in [-0.05, 0) is 128 Å². The summed E-state index contributed by atoms with van der Waals surface area (Å²) in [5.41, 5.74) is 23.2. The third-order valence-corrected chi connectivity index (χ3v) is 15.1. The average molecular weight is 722 g/mol. The smallest absolute Gasteiger partial charge is 0.0540 e. The van der Waals surface area contributed by atoms with E-state index in [1.807, 2.05) is 0 Å². The lowest BCUT2D eigenvalue weighted by atomic mass is 9.67. The zero-order valence-electron chi connectivity index (χ0n) is 32.9. The van der Waals surface area contributed by atoms with Crippen LogP contribution in [0.5, 0.6) is 0 Å². The molecule has 272 valence electrons. The van der Waals surface area contributed by atoms with Crippen molar-refractivity contribution < 1.29 is 0 Å². The number of hydrogen-bond donors (Lipinski definition) is 0. The molecule has 1 spiro atoms.